The molecule has 2 saturated heterocycles. The van der Waals surface area contributed by atoms with Crippen molar-refractivity contribution in [3.05, 3.63) is 54.3 Å². The third-order valence-corrected chi connectivity index (χ3v) is 7.02. The number of aromatic nitrogens is 3. The molecule has 3 N–H and O–H groups in total. The molecule has 5 rings (SSSR count). The van der Waals surface area contributed by atoms with Crippen LogP contribution in [-0.4, -0.2) is 63.4 Å². The molecule has 10 nitrogen and oxygen atoms in total. The van der Waals surface area contributed by atoms with Gasteiger partial charge in [-0.3, -0.25) is 9.78 Å². The molecule has 0 amide bonds. The molecule has 1 aliphatic carbocycles. The first kappa shape index (κ1) is 23.9. The molecule has 2 aromatic rings. The summed E-state index contributed by atoms with van der Waals surface area (Å²) in [6.07, 6.45) is 11.2. The van der Waals surface area contributed by atoms with Crippen LogP contribution in [0, 0.1) is 5.41 Å². The molecule has 2 aliphatic heterocycles. The summed E-state index contributed by atoms with van der Waals surface area (Å²) in [5.74, 6) is 2.79. The highest BCUT2D eigenvalue weighted by atomic mass is 16.5. The van der Waals surface area contributed by atoms with E-state index in [-0.39, 0.29) is 6.10 Å². The molecule has 2 aromatic heterocycles. The number of carboxylic acid groups (broad SMARTS) is 1. The molecule has 0 radical (unpaired) electrons. The zero-order valence-corrected chi connectivity index (χ0v) is 20.4. The number of aliphatic hydroxyl groups excluding tert-OH is 1. The van der Waals surface area contributed by atoms with E-state index in [2.05, 4.69) is 20.2 Å². The van der Waals surface area contributed by atoms with Gasteiger partial charge in [0.25, 0.3) is 0 Å². The second kappa shape index (κ2) is 10.0. The minimum Gasteiger partial charge on any atom is -0.508 e. The average molecular weight is 493 g/mol. The molecular weight excluding hydrogens is 460 g/mol. The normalized spacial score (nSPS) is 24.2. The molecule has 10 heteroatoms. The number of carbonyl (C=O) groups is 1. The molecule has 2 unspecified atom stereocenters. The lowest BCUT2D eigenvalue weighted by atomic mass is 9.90. The van der Waals surface area contributed by atoms with Gasteiger partial charge >= 0.3 is 5.97 Å². The summed E-state index contributed by atoms with van der Waals surface area (Å²) in [7, 11) is 0. The Bertz CT molecular complexity index is 1180. The third-order valence-electron chi connectivity index (χ3n) is 7.02. The number of rotatable bonds is 7. The molecule has 3 aliphatic rings. The number of carboxylic acids is 1. The fourth-order valence-electron chi connectivity index (χ4n) is 4.86. The van der Waals surface area contributed by atoms with E-state index in [0.717, 1.165) is 37.4 Å². The number of ether oxygens (including phenoxy) is 1. The largest absolute Gasteiger partial charge is 0.508 e. The van der Waals surface area contributed by atoms with Gasteiger partial charge in [-0.2, -0.15) is 0 Å². The molecule has 0 spiro atoms. The summed E-state index contributed by atoms with van der Waals surface area (Å²) in [6.45, 7) is 4.37. The number of aliphatic carboxylic acids is 1. The minimum atomic E-state index is -0.777. The van der Waals surface area contributed by atoms with Crippen molar-refractivity contribution in [2.45, 2.75) is 45.1 Å². The number of nitrogens with one attached hydrogen (secondary N) is 1. The Balaban J connectivity index is 1.25. The number of allylic oxidation sites excluding steroid dienone is 3. The molecule has 0 bridgehead atoms. The summed E-state index contributed by atoms with van der Waals surface area (Å²) < 4.78 is 6.10. The second-order valence-electron chi connectivity index (χ2n) is 9.89. The van der Waals surface area contributed by atoms with Gasteiger partial charge in [0.05, 0.1) is 24.4 Å². The Labute approximate surface area is 210 Å². The molecule has 0 aromatic carbocycles. The lowest BCUT2D eigenvalue weighted by molar-refractivity contribution is -0.146. The number of piperidine rings is 1. The summed E-state index contributed by atoms with van der Waals surface area (Å²) in [4.78, 5) is 29.6. The number of hydrogen-bond acceptors (Lipinski definition) is 9. The van der Waals surface area contributed by atoms with E-state index in [0.29, 0.717) is 55.6 Å². The van der Waals surface area contributed by atoms with Crippen LogP contribution in [0.2, 0.25) is 0 Å². The molecule has 2 fully saturated rings. The highest BCUT2D eigenvalue weighted by molar-refractivity contribution is 5.76. The quantitative estimate of drug-likeness (QED) is 0.522. The van der Waals surface area contributed by atoms with Gasteiger partial charge in [0, 0.05) is 26.1 Å². The van der Waals surface area contributed by atoms with Crippen LogP contribution < -0.4 is 15.1 Å². The number of hydrogen-bond donors (Lipinski definition) is 3. The number of aliphatic hydroxyl groups is 1. The summed E-state index contributed by atoms with van der Waals surface area (Å²) in [5.41, 5.74) is -0.760. The van der Waals surface area contributed by atoms with Crippen molar-refractivity contribution in [3.8, 4) is 0 Å². The van der Waals surface area contributed by atoms with Gasteiger partial charge < -0.3 is 30.1 Å². The average Bonchev–Trinajstić information content (AvgIpc) is 3.30. The highest BCUT2D eigenvalue weighted by Crippen LogP contribution is 2.33. The number of anilines is 4. The van der Waals surface area contributed by atoms with Crippen molar-refractivity contribution in [3.63, 3.8) is 0 Å². The Morgan fingerprint density at radius 3 is 2.83 bits per heavy atom. The zero-order chi connectivity index (χ0) is 25.1. The zero-order valence-electron chi connectivity index (χ0n) is 20.4. The summed E-state index contributed by atoms with van der Waals surface area (Å²) >= 11 is 0. The van der Waals surface area contributed by atoms with E-state index in [1.807, 2.05) is 35.3 Å². The second-order valence-corrected chi connectivity index (χ2v) is 9.89. The van der Waals surface area contributed by atoms with Crippen LogP contribution >= 0.6 is 0 Å². The fourth-order valence-corrected chi connectivity index (χ4v) is 4.86. The van der Waals surface area contributed by atoms with Crippen molar-refractivity contribution in [1.29, 1.82) is 0 Å². The van der Waals surface area contributed by atoms with Gasteiger partial charge in [-0.1, -0.05) is 12.1 Å². The first-order valence-electron chi connectivity index (χ1n) is 12.4. The van der Waals surface area contributed by atoms with E-state index in [1.165, 1.54) is 0 Å². The standard InChI is InChI=1S/C26H32N6O4/c1-26(25(34)35)11-13-32(17-26)23-10-4-9-21(29-23)28-22-14-27-15-24(30-22)31-12-5-6-18(16-31)36-20-8-3-2-7-19(20)33/h3-4,8-10,14-15,18,33H,2,5-7,11-13,16-17H2,1H3,(H,34,35)(H,28,29,30). The minimum absolute atomic E-state index is 0.0348. The SMILES string of the molecule is CC1(C(=O)O)CCN(c2cccc(Nc3cncc(N4CCCC(OC5=C(O)CCC=C5)C4)n3)n2)C1. The van der Waals surface area contributed by atoms with Crippen LogP contribution in [0.5, 0.6) is 0 Å². The van der Waals surface area contributed by atoms with E-state index in [1.54, 1.807) is 19.3 Å². The maximum atomic E-state index is 11.6. The molecular formula is C26H32N6O4. The Morgan fingerprint density at radius 2 is 2.03 bits per heavy atom. The van der Waals surface area contributed by atoms with Crippen LogP contribution in [0.1, 0.15) is 39.0 Å². The molecule has 2 atom stereocenters. The lowest BCUT2D eigenvalue weighted by Gasteiger charge is -2.34. The highest BCUT2D eigenvalue weighted by Gasteiger charge is 2.41. The van der Waals surface area contributed by atoms with Gasteiger partial charge in [-0.25, -0.2) is 9.97 Å². The molecule has 190 valence electrons. The smallest absolute Gasteiger partial charge is 0.311 e. The topological polar surface area (TPSA) is 124 Å². The first-order chi connectivity index (χ1) is 17.4. The number of pyridine rings is 1. The van der Waals surface area contributed by atoms with Crippen LogP contribution in [-0.2, 0) is 9.53 Å². The Morgan fingerprint density at radius 1 is 1.17 bits per heavy atom. The van der Waals surface area contributed by atoms with Crippen LogP contribution in [0.3, 0.4) is 0 Å². The van der Waals surface area contributed by atoms with Crippen LogP contribution in [0.4, 0.5) is 23.3 Å². The van der Waals surface area contributed by atoms with Crippen molar-refractivity contribution >= 4 is 29.2 Å². The summed E-state index contributed by atoms with van der Waals surface area (Å²) in [6, 6.07) is 5.64. The van der Waals surface area contributed by atoms with Gasteiger partial charge in [0.2, 0.25) is 0 Å². The van der Waals surface area contributed by atoms with Crippen molar-refractivity contribution < 1.29 is 19.7 Å². The van der Waals surface area contributed by atoms with E-state index < -0.39 is 11.4 Å². The van der Waals surface area contributed by atoms with Gasteiger partial charge in [0.15, 0.2) is 11.6 Å². The fraction of sp³-hybridized carbons (Fsp3) is 0.462. The van der Waals surface area contributed by atoms with Gasteiger partial charge in [0.1, 0.15) is 29.3 Å². The van der Waals surface area contributed by atoms with Crippen molar-refractivity contribution in [2.24, 2.45) is 5.41 Å². The molecule has 36 heavy (non-hydrogen) atoms. The monoisotopic (exact) mass is 492 g/mol. The summed E-state index contributed by atoms with van der Waals surface area (Å²) in [5, 5.41) is 22.9. The molecule has 4 heterocycles. The first-order valence-corrected chi connectivity index (χ1v) is 12.4. The lowest BCUT2D eigenvalue weighted by Crippen LogP contribution is -2.40. The van der Waals surface area contributed by atoms with Gasteiger partial charge in [-0.15, -0.1) is 0 Å². The van der Waals surface area contributed by atoms with Gasteiger partial charge in [-0.05, 0) is 50.8 Å². The number of nitrogens with zero attached hydrogens (tertiary/aromatic N) is 5. The van der Waals surface area contributed by atoms with E-state index >= 15 is 0 Å². The molecule has 0 saturated carbocycles. The predicted octanol–water partition coefficient (Wildman–Crippen LogP) is 4.02. The van der Waals surface area contributed by atoms with Crippen LogP contribution in [0.15, 0.2) is 54.3 Å². The Hall–Kier alpha value is -3.82. The van der Waals surface area contributed by atoms with Crippen molar-refractivity contribution in [2.75, 3.05) is 41.3 Å². The predicted molar refractivity (Wildman–Crippen MR) is 136 cm³/mol. The Kier molecular flexibility index (Phi) is 6.67. The third kappa shape index (κ3) is 5.22. The van der Waals surface area contributed by atoms with E-state index in [9.17, 15) is 15.0 Å². The van der Waals surface area contributed by atoms with Crippen molar-refractivity contribution in [1.82, 2.24) is 15.0 Å². The maximum Gasteiger partial charge on any atom is 0.311 e. The van der Waals surface area contributed by atoms with Crippen LogP contribution in [0.25, 0.3) is 0 Å². The maximum absolute atomic E-state index is 11.6. The van der Waals surface area contributed by atoms with E-state index in [4.69, 9.17) is 9.72 Å².